The first-order valence-corrected chi connectivity index (χ1v) is 10.7. The lowest BCUT2D eigenvalue weighted by Gasteiger charge is -2.18. The summed E-state index contributed by atoms with van der Waals surface area (Å²) < 4.78 is 10.8. The van der Waals surface area contributed by atoms with Crippen LogP contribution in [0.25, 0.3) is 11.1 Å². The summed E-state index contributed by atoms with van der Waals surface area (Å²) in [5.74, 6) is 0.188. The van der Waals surface area contributed by atoms with E-state index in [0.717, 1.165) is 36.0 Å². The zero-order valence-electron chi connectivity index (χ0n) is 18.2. The molecule has 0 aliphatic heterocycles. The van der Waals surface area contributed by atoms with Crippen LogP contribution in [0.5, 0.6) is 11.5 Å². The summed E-state index contributed by atoms with van der Waals surface area (Å²) in [7, 11) is 1.60. The molecular formula is C25H34O4. The summed E-state index contributed by atoms with van der Waals surface area (Å²) in [6, 6.07) is 9.48. The van der Waals surface area contributed by atoms with Crippen molar-refractivity contribution in [3.8, 4) is 22.6 Å². The molecule has 0 saturated heterocycles. The van der Waals surface area contributed by atoms with Crippen molar-refractivity contribution in [2.45, 2.75) is 65.7 Å². The van der Waals surface area contributed by atoms with Crippen molar-refractivity contribution in [3.05, 3.63) is 47.0 Å². The lowest BCUT2D eigenvalue weighted by molar-refractivity contribution is 0.0524. The molecule has 29 heavy (non-hydrogen) atoms. The molecule has 4 nitrogen and oxygen atoms in total. The Kier molecular flexibility index (Phi) is 9.04. The minimum atomic E-state index is -0.505. The number of ether oxygens (including phenoxy) is 2. The average Bonchev–Trinajstić information content (AvgIpc) is 2.72. The molecule has 0 aromatic heterocycles. The molecule has 2 aromatic carbocycles. The summed E-state index contributed by atoms with van der Waals surface area (Å²) in [5, 5.41) is 11.1. The van der Waals surface area contributed by atoms with E-state index in [1.165, 1.54) is 25.7 Å². The second-order valence-electron chi connectivity index (χ2n) is 7.38. The van der Waals surface area contributed by atoms with Crippen molar-refractivity contribution in [2.24, 2.45) is 0 Å². The maximum Gasteiger partial charge on any atom is 0.342 e. The zero-order chi connectivity index (χ0) is 21.2. The topological polar surface area (TPSA) is 55.8 Å². The SMILES string of the molecule is CCCCCCCCc1c(C)cc(-c2ccccc2OC)c(C(=O)OCC)c1O. The van der Waals surface area contributed by atoms with Gasteiger partial charge in [0.2, 0.25) is 0 Å². The number of hydrogen-bond donors (Lipinski definition) is 1. The summed E-state index contributed by atoms with van der Waals surface area (Å²) in [5.41, 5.74) is 3.44. The van der Waals surface area contributed by atoms with Crippen LogP contribution >= 0.6 is 0 Å². The molecule has 0 fully saturated rings. The standard InChI is InChI=1S/C25H34O4/c1-5-7-8-9-10-11-14-19-18(3)17-21(20-15-12-13-16-22(20)28-4)23(24(19)26)25(27)29-6-2/h12-13,15-17,26H,5-11,14H2,1-4H3. The molecule has 0 saturated carbocycles. The molecule has 0 amide bonds. The summed E-state index contributed by atoms with van der Waals surface area (Å²) in [4.78, 5) is 12.7. The lowest BCUT2D eigenvalue weighted by Crippen LogP contribution is -2.09. The fraction of sp³-hybridized carbons (Fsp3) is 0.480. The van der Waals surface area contributed by atoms with Crippen LogP contribution in [0.3, 0.4) is 0 Å². The smallest absolute Gasteiger partial charge is 0.342 e. The highest BCUT2D eigenvalue weighted by atomic mass is 16.5. The van der Waals surface area contributed by atoms with Gasteiger partial charge in [0.25, 0.3) is 0 Å². The van der Waals surface area contributed by atoms with E-state index in [-0.39, 0.29) is 17.9 Å². The van der Waals surface area contributed by atoms with Gasteiger partial charge in [-0.15, -0.1) is 0 Å². The first-order valence-electron chi connectivity index (χ1n) is 10.7. The number of phenolic OH excluding ortho intramolecular Hbond substituents is 1. The second-order valence-corrected chi connectivity index (χ2v) is 7.38. The van der Waals surface area contributed by atoms with E-state index in [0.29, 0.717) is 11.3 Å². The first kappa shape index (κ1) is 22.8. The number of unbranched alkanes of at least 4 members (excludes halogenated alkanes) is 5. The average molecular weight is 399 g/mol. The number of phenols is 1. The van der Waals surface area contributed by atoms with E-state index in [9.17, 15) is 9.90 Å². The summed E-state index contributed by atoms with van der Waals surface area (Å²) in [6.45, 7) is 6.22. The van der Waals surface area contributed by atoms with Crippen LogP contribution in [0.4, 0.5) is 0 Å². The molecule has 0 aliphatic carbocycles. The van der Waals surface area contributed by atoms with Gasteiger partial charge in [-0.1, -0.05) is 57.2 Å². The zero-order valence-corrected chi connectivity index (χ0v) is 18.2. The van der Waals surface area contributed by atoms with Gasteiger partial charge in [-0.3, -0.25) is 0 Å². The molecule has 2 rings (SSSR count). The molecule has 0 spiro atoms. The number of carbonyl (C=O) groups excluding carboxylic acids is 1. The number of esters is 1. The predicted molar refractivity (Wildman–Crippen MR) is 118 cm³/mol. The van der Waals surface area contributed by atoms with Gasteiger partial charge in [0.15, 0.2) is 0 Å². The molecule has 4 heteroatoms. The van der Waals surface area contributed by atoms with Crippen molar-refractivity contribution in [2.75, 3.05) is 13.7 Å². The first-order chi connectivity index (χ1) is 14.0. The quantitative estimate of drug-likeness (QED) is 0.349. The van der Waals surface area contributed by atoms with Crippen LogP contribution in [0, 0.1) is 6.92 Å². The highest BCUT2D eigenvalue weighted by Crippen LogP contribution is 2.40. The summed E-state index contributed by atoms with van der Waals surface area (Å²) in [6.07, 6.45) is 7.83. The van der Waals surface area contributed by atoms with E-state index in [2.05, 4.69) is 6.92 Å². The molecule has 2 aromatic rings. The Morgan fingerprint density at radius 3 is 2.38 bits per heavy atom. The molecule has 0 unspecified atom stereocenters. The van der Waals surface area contributed by atoms with Gasteiger partial charge in [0, 0.05) is 11.1 Å². The number of carbonyl (C=O) groups is 1. The maximum atomic E-state index is 12.7. The molecule has 0 aliphatic rings. The third-order valence-corrected chi connectivity index (χ3v) is 5.29. The maximum absolute atomic E-state index is 12.7. The minimum Gasteiger partial charge on any atom is -0.507 e. The molecular weight excluding hydrogens is 364 g/mol. The lowest BCUT2D eigenvalue weighted by atomic mass is 9.90. The number of hydrogen-bond acceptors (Lipinski definition) is 4. The number of methoxy groups -OCH3 is 1. The Morgan fingerprint density at radius 2 is 1.69 bits per heavy atom. The highest BCUT2D eigenvalue weighted by molar-refractivity contribution is 6.01. The number of rotatable bonds is 11. The highest BCUT2D eigenvalue weighted by Gasteiger charge is 2.24. The fourth-order valence-electron chi connectivity index (χ4n) is 3.73. The Morgan fingerprint density at radius 1 is 1.00 bits per heavy atom. The fourth-order valence-corrected chi connectivity index (χ4v) is 3.73. The Bertz CT molecular complexity index is 811. The van der Waals surface area contributed by atoms with E-state index in [1.54, 1.807) is 14.0 Å². The summed E-state index contributed by atoms with van der Waals surface area (Å²) >= 11 is 0. The van der Waals surface area contributed by atoms with E-state index in [4.69, 9.17) is 9.47 Å². The van der Waals surface area contributed by atoms with Gasteiger partial charge >= 0.3 is 5.97 Å². The third-order valence-electron chi connectivity index (χ3n) is 5.29. The molecule has 0 radical (unpaired) electrons. The van der Waals surface area contributed by atoms with Crippen molar-refractivity contribution < 1.29 is 19.4 Å². The molecule has 0 atom stereocenters. The largest absolute Gasteiger partial charge is 0.507 e. The molecule has 0 heterocycles. The number of benzene rings is 2. The number of para-hydroxylation sites is 1. The van der Waals surface area contributed by atoms with Crippen LogP contribution in [-0.2, 0) is 11.2 Å². The Balaban J connectivity index is 2.41. The van der Waals surface area contributed by atoms with Gasteiger partial charge in [-0.2, -0.15) is 0 Å². The van der Waals surface area contributed by atoms with Crippen molar-refractivity contribution in [1.82, 2.24) is 0 Å². The van der Waals surface area contributed by atoms with Gasteiger partial charge < -0.3 is 14.6 Å². The molecule has 158 valence electrons. The van der Waals surface area contributed by atoms with Crippen LogP contribution in [0.2, 0.25) is 0 Å². The van der Waals surface area contributed by atoms with Crippen LogP contribution < -0.4 is 4.74 Å². The van der Waals surface area contributed by atoms with Gasteiger partial charge in [-0.05, 0) is 49.9 Å². The molecule has 0 bridgehead atoms. The molecule has 1 N–H and O–H groups in total. The number of aryl methyl sites for hydroxylation is 1. The minimum absolute atomic E-state index is 0.0397. The Hall–Kier alpha value is -2.49. The monoisotopic (exact) mass is 398 g/mol. The van der Waals surface area contributed by atoms with E-state index in [1.807, 2.05) is 37.3 Å². The van der Waals surface area contributed by atoms with Crippen molar-refractivity contribution in [3.63, 3.8) is 0 Å². The Labute approximate surface area is 174 Å². The van der Waals surface area contributed by atoms with Crippen LogP contribution in [0.1, 0.15) is 73.9 Å². The van der Waals surface area contributed by atoms with Crippen LogP contribution in [0.15, 0.2) is 30.3 Å². The van der Waals surface area contributed by atoms with Gasteiger partial charge in [0.1, 0.15) is 17.1 Å². The normalized spacial score (nSPS) is 10.8. The second kappa shape index (κ2) is 11.5. The van der Waals surface area contributed by atoms with E-state index < -0.39 is 5.97 Å². The van der Waals surface area contributed by atoms with E-state index >= 15 is 0 Å². The van der Waals surface area contributed by atoms with Crippen molar-refractivity contribution in [1.29, 1.82) is 0 Å². The number of aromatic hydroxyl groups is 1. The van der Waals surface area contributed by atoms with Crippen LogP contribution in [-0.4, -0.2) is 24.8 Å². The van der Waals surface area contributed by atoms with Gasteiger partial charge in [0.05, 0.1) is 13.7 Å². The van der Waals surface area contributed by atoms with Crippen molar-refractivity contribution >= 4 is 5.97 Å². The predicted octanol–water partition coefficient (Wildman–Crippen LogP) is 6.46. The van der Waals surface area contributed by atoms with Gasteiger partial charge in [-0.25, -0.2) is 4.79 Å². The third kappa shape index (κ3) is 5.75.